The summed E-state index contributed by atoms with van der Waals surface area (Å²) in [5, 5.41) is 2.91. The second-order valence-corrected chi connectivity index (χ2v) is 7.55. The first-order valence-electron chi connectivity index (χ1n) is 9.29. The van der Waals surface area contributed by atoms with Crippen molar-refractivity contribution in [1.29, 1.82) is 0 Å². The van der Waals surface area contributed by atoms with Gasteiger partial charge in [-0.25, -0.2) is 14.7 Å². The van der Waals surface area contributed by atoms with Gasteiger partial charge in [-0.1, -0.05) is 25.0 Å². The fourth-order valence-corrected chi connectivity index (χ4v) is 3.90. The molecule has 0 atom stereocenters. The molecule has 2 aliphatic carbocycles. The number of rotatable bonds is 4. The zero-order chi connectivity index (χ0) is 18.3. The van der Waals surface area contributed by atoms with Crippen molar-refractivity contribution in [2.45, 2.75) is 56.7 Å². The van der Waals surface area contributed by atoms with E-state index >= 15 is 0 Å². The van der Waals surface area contributed by atoms with Crippen molar-refractivity contribution in [2.24, 2.45) is 10.7 Å². The quantitative estimate of drug-likeness (QED) is 0.298. The number of anilines is 1. The van der Waals surface area contributed by atoms with Crippen molar-refractivity contribution in [2.75, 3.05) is 11.9 Å². The highest BCUT2D eigenvalue weighted by Crippen LogP contribution is 2.37. The smallest absolute Gasteiger partial charge is 0.329 e. The summed E-state index contributed by atoms with van der Waals surface area (Å²) in [6.45, 7) is 0.422. The van der Waals surface area contributed by atoms with Crippen LogP contribution in [-0.2, 0) is 11.3 Å². The number of nitrogens with zero attached hydrogens (tertiary/aromatic N) is 3. The van der Waals surface area contributed by atoms with Crippen LogP contribution in [0.25, 0.3) is 0 Å². The van der Waals surface area contributed by atoms with Gasteiger partial charge in [0.05, 0.1) is 12.2 Å². The van der Waals surface area contributed by atoms with E-state index in [0.29, 0.717) is 24.2 Å². The Morgan fingerprint density at radius 2 is 2.04 bits per heavy atom. The normalized spacial score (nSPS) is 21.4. The molecule has 1 aliphatic heterocycles. The summed E-state index contributed by atoms with van der Waals surface area (Å²) < 4.78 is 0. The number of aliphatic imine (C=N–C) groups is 1. The molecule has 3 N–H and O–H groups in total. The lowest BCUT2D eigenvalue weighted by Gasteiger charge is -2.20. The zero-order valence-corrected chi connectivity index (χ0v) is 17.8. The minimum Gasteiger partial charge on any atom is -0.370 e. The van der Waals surface area contributed by atoms with Gasteiger partial charge >= 0.3 is 6.03 Å². The van der Waals surface area contributed by atoms with Gasteiger partial charge in [0.1, 0.15) is 5.54 Å². The Morgan fingerprint density at radius 1 is 1.33 bits per heavy atom. The third-order valence-electron chi connectivity index (χ3n) is 5.67. The van der Waals surface area contributed by atoms with Crippen LogP contribution < -0.4 is 16.0 Å². The van der Waals surface area contributed by atoms with E-state index < -0.39 is 5.54 Å². The maximum absolute atomic E-state index is 12.9. The van der Waals surface area contributed by atoms with Crippen molar-refractivity contribution in [3.63, 3.8) is 0 Å². The van der Waals surface area contributed by atoms with Crippen LogP contribution in [0, 0.1) is 0 Å². The average Bonchev–Trinajstić information content (AvgIpc) is 3.33. The highest BCUT2D eigenvalue weighted by Gasteiger charge is 2.52. The second-order valence-electron chi connectivity index (χ2n) is 7.55. The third-order valence-corrected chi connectivity index (χ3v) is 5.67. The van der Waals surface area contributed by atoms with E-state index in [1.54, 1.807) is 6.07 Å². The van der Waals surface area contributed by atoms with E-state index in [0.717, 1.165) is 44.1 Å². The third kappa shape index (κ3) is 3.76. The van der Waals surface area contributed by atoms with Crippen molar-refractivity contribution < 1.29 is 9.59 Å². The van der Waals surface area contributed by atoms with Gasteiger partial charge in [-0.15, -0.1) is 24.0 Å². The highest BCUT2D eigenvalue weighted by molar-refractivity contribution is 14.0. The molecule has 146 valence electrons. The molecule has 0 radical (unpaired) electrons. The van der Waals surface area contributed by atoms with Crippen LogP contribution in [0.1, 0.15) is 44.1 Å². The Hall–Kier alpha value is -1.84. The van der Waals surface area contributed by atoms with Crippen molar-refractivity contribution >= 4 is 47.6 Å². The van der Waals surface area contributed by atoms with Crippen molar-refractivity contribution in [3.05, 3.63) is 29.8 Å². The minimum absolute atomic E-state index is 0. The molecule has 4 rings (SSSR count). The highest BCUT2D eigenvalue weighted by atomic mass is 127. The molecule has 1 heterocycles. The van der Waals surface area contributed by atoms with E-state index in [4.69, 9.17) is 5.73 Å². The predicted molar refractivity (Wildman–Crippen MR) is 115 cm³/mol. The maximum atomic E-state index is 12.9. The van der Waals surface area contributed by atoms with Gasteiger partial charge < -0.3 is 16.0 Å². The summed E-state index contributed by atoms with van der Waals surface area (Å²) in [4.78, 5) is 33.0. The zero-order valence-electron chi connectivity index (χ0n) is 15.5. The van der Waals surface area contributed by atoms with Gasteiger partial charge in [0.25, 0.3) is 5.91 Å². The summed E-state index contributed by atoms with van der Waals surface area (Å²) in [5.41, 5.74) is 6.86. The first-order chi connectivity index (χ1) is 12.5. The van der Waals surface area contributed by atoms with Crippen LogP contribution in [0.3, 0.4) is 0 Å². The summed E-state index contributed by atoms with van der Waals surface area (Å²) >= 11 is 0. The van der Waals surface area contributed by atoms with Crippen molar-refractivity contribution in [1.82, 2.24) is 10.2 Å². The Labute approximate surface area is 176 Å². The number of imide groups is 1. The number of nitrogens with one attached hydrogen (secondary N) is 1. The Kier molecular flexibility index (Phi) is 5.64. The van der Waals surface area contributed by atoms with Crippen LogP contribution >= 0.6 is 24.0 Å². The standard InChI is InChI=1S/C19H25N5O2.HI/c1-23(14-7-8-14)17(20)21-12-13-5-4-6-15(11-13)24-16(25)19(22-18(24)26)9-2-3-10-19;/h4-6,11,14H,2-3,7-10,12H2,1H3,(H2,20,21)(H,22,26);1H. The Balaban J connectivity index is 0.00000210. The predicted octanol–water partition coefficient (Wildman–Crippen LogP) is 2.58. The molecule has 1 aromatic rings. The maximum Gasteiger partial charge on any atom is 0.329 e. The summed E-state index contributed by atoms with van der Waals surface area (Å²) in [6.07, 6.45) is 5.72. The lowest BCUT2D eigenvalue weighted by molar-refractivity contribution is -0.121. The molecule has 1 aromatic carbocycles. The lowest BCUT2D eigenvalue weighted by atomic mass is 9.98. The average molecular weight is 483 g/mol. The van der Waals surface area contributed by atoms with Gasteiger partial charge in [0, 0.05) is 13.1 Å². The molecule has 3 aliphatic rings. The molecule has 27 heavy (non-hydrogen) atoms. The molecule has 0 unspecified atom stereocenters. The number of amides is 3. The SMILES string of the molecule is CN(C(N)=NCc1cccc(N2C(=O)NC3(CCCC3)C2=O)c1)C1CC1.I. The number of hydrogen-bond donors (Lipinski definition) is 2. The number of nitrogens with two attached hydrogens (primary N) is 1. The van der Waals surface area contributed by atoms with Gasteiger partial charge in [-0.05, 0) is 43.4 Å². The minimum atomic E-state index is -0.692. The number of benzene rings is 1. The fraction of sp³-hybridized carbons (Fsp3) is 0.526. The molecule has 1 saturated heterocycles. The molecule has 1 spiro atoms. The molecule has 8 heteroatoms. The molecule has 0 bridgehead atoms. The summed E-state index contributed by atoms with van der Waals surface area (Å²) in [7, 11) is 1.96. The Bertz CT molecular complexity index is 771. The molecule has 3 fully saturated rings. The molecule has 7 nitrogen and oxygen atoms in total. The van der Waals surface area contributed by atoms with Crippen LogP contribution in [-0.4, -0.2) is 41.4 Å². The number of halogens is 1. The summed E-state index contributed by atoms with van der Waals surface area (Å²) in [5.74, 6) is 0.395. The first-order valence-corrected chi connectivity index (χ1v) is 9.29. The number of carbonyl (C=O) groups is 2. The monoisotopic (exact) mass is 483 g/mol. The van der Waals surface area contributed by atoms with Crippen LogP contribution in [0.2, 0.25) is 0 Å². The van der Waals surface area contributed by atoms with Crippen LogP contribution in [0.5, 0.6) is 0 Å². The number of urea groups is 1. The van der Waals surface area contributed by atoms with Gasteiger partial charge in [-0.3, -0.25) is 4.79 Å². The van der Waals surface area contributed by atoms with Crippen LogP contribution in [0.4, 0.5) is 10.5 Å². The van der Waals surface area contributed by atoms with E-state index in [1.165, 1.54) is 4.90 Å². The van der Waals surface area contributed by atoms with E-state index in [-0.39, 0.29) is 35.9 Å². The van der Waals surface area contributed by atoms with E-state index in [2.05, 4.69) is 10.3 Å². The van der Waals surface area contributed by atoms with E-state index in [9.17, 15) is 9.59 Å². The number of carbonyl (C=O) groups excluding carboxylic acids is 2. The second kappa shape index (κ2) is 7.65. The largest absolute Gasteiger partial charge is 0.370 e. The van der Waals surface area contributed by atoms with Crippen LogP contribution in [0.15, 0.2) is 29.3 Å². The molecule has 3 amide bonds. The lowest BCUT2D eigenvalue weighted by Crippen LogP contribution is -2.44. The number of guanidine groups is 1. The Morgan fingerprint density at radius 3 is 2.70 bits per heavy atom. The van der Waals surface area contributed by atoms with Crippen molar-refractivity contribution in [3.8, 4) is 0 Å². The fourth-order valence-electron chi connectivity index (χ4n) is 3.90. The van der Waals surface area contributed by atoms with Gasteiger partial charge in [0.2, 0.25) is 0 Å². The molecule has 0 aromatic heterocycles. The topological polar surface area (TPSA) is 91.0 Å². The first kappa shape index (κ1) is 19.9. The number of hydrogen-bond acceptors (Lipinski definition) is 3. The summed E-state index contributed by atoms with van der Waals surface area (Å²) in [6, 6.07) is 7.60. The molecular formula is C19H26IN5O2. The molecule has 2 saturated carbocycles. The van der Waals surface area contributed by atoms with Gasteiger partial charge in [-0.2, -0.15) is 0 Å². The molecular weight excluding hydrogens is 457 g/mol. The van der Waals surface area contributed by atoms with E-state index in [1.807, 2.05) is 30.1 Å². The van der Waals surface area contributed by atoms with Gasteiger partial charge in [0.15, 0.2) is 5.96 Å².